The maximum absolute atomic E-state index is 11.8. The lowest BCUT2D eigenvalue weighted by atomic mass is 9.95. The number of anilines is 1. The Morgan fingerprint density at radius 3 is 2.32 bits per heavy atom. The van der Waals surface area contributed by atoms with E-state index >= 15 is 0 Å². The Hall–Kier alpha value is -0.870. The number of hydrogen-bond donors (Lipinski definition) is 2. The van der Waals surface area contributed by atoms with Gasteiger partial charge in [-0.1, -0.05) is 42.6 Å². The zero-order valence-corrected chi connectivity index (χ0v) is 13.5. The van der Waals surface area contributed by atoms with E-state index in [2.05, 4.69) is 47.3 Å². The molecule has 1 unspecified atom stereocenters. The van der Waals surface area contributed by atoms with E-state index in [0.29, 0.717) is 18.5 Å². The maximum Gasteiger partial charge on any atom is 0.238 e. The van der Waals surface area contributed by atoms with Crippen molar-refractivity contribution in [2.45, 2.75) is 39.7 Å². The average molecular weight is 327 g/mol. The Morgan fingerprint density at radius 1 is 1.21 bits per heavy atom. The molecular formula is C15H23BrN2O. The van der Waals surface area contributed by atoms with Gasteiger partial charge in [0.25, 0.3) is 0 Å². The molecule has 1 atom stereocenters. The molecule has 0 saturated carbocycles. The van der Waals surface area contributed by atoms with Gasteiger partial charge >= 0.3 is 0 Å². The van der Waals surface area contributed by atoms with Gasteiger partial charge in [0.05, 0.1) is 6.54 Å². The monoisotopic (exact) mass is 326 g/mol. The van der Waals surface area contributed by atoms with Crippen molar-refractivity contribution in [3.8, 4) is 0 Å². The summed E-state index contributed by atoms with van der Waals surface area (Å²) in [5, 5.41) is 6.17. The van der Waals surface area contributed by atoms with Crippen LogP contribution in [-0.2, 0) is 4.79 Å². The molecule has 2 N–H and O–H groups in total. The first-order chi connectivity index (χ1) is 9.06. The summed E-state index contributed by atoms with van der Waals surface area (Å²) in [4.78, 5) is 11.8. The predicted molar refractivity (Wildman–Crippen MR) is 84.3 cm³/mol. The lowest BCUT2D eigenvalue weighted by Crippen LogP contribution is -2.38. The second-order valence-corrected chi connectivity index (χ2v) is 5.72. The molecule has 106 valence electrons. The van der Waals surface area contributed by atoms with E-state index in [4.69, 9.17) is 0 Å². The summed E-state index contributed by atoms with van der Waals surface area (Å²) in [5.41, 5.74) is 0.824. The van der Waals surface area contributed by atoms with Crippen LogP contribution in [0.15, 0.2) is 28.7 Å². The summed E-state index contributed by atoms with van der Waals surface area (Å²) >= 11 is 3.37. The van der Waals surface area contributed by atoms with Crippen molar-refractivity contribution in [2.75, 3.05) is 11.9 Å². The van der Waals surface area contributed by atoms with Crippen LogP contribution in [0.2, 0.25) is 0 Å². The van der Waals surface area contributed by atoms with Gasteiger partial charge in [0, 0.05) is 16.2 Å². The third kappa shape index (κ3) is 5.74. The predicted octanol–water partition coefficient (Wildman–Crippen LogP) is 3.80. The first-order valence-electron chi connectivity index (χ1n) is 6.85. The first kappa shape index (κ1) is 16.2. The van der Waals surface area contributed by atoms with Gasteiger partial charge in [0.1, 0.15) is 0 Å². The Kier molecular flexibility index (Phi) is 7.10. The van der Waals surface area contributed by atoms with E-state index in [1.165, 1.54) is 0 Å². The minimum Gasteiger partial charge on any atom is -0.325 e. The normalized spacial score (nSPS) is 12.5. The smallest absolute Gasteiger partial charge is 0.238 e. The van der Waals surface area contributed by atoms with E-state index in [1.807, 2.05) is 24.3 Å². The quantitative estimate of drug-likeness (QED) is 0.800. The lowest BCUT2D eigenvalue weighted by Gasteiger charge is -2.22. The molecule has 0 aliphatic carbocycles. The van der Waals surface area contributed by atoms with Gasteiger partial charge in [0.2, 0.25) is 5.91 Å². The van der Waals surface area contributed by atoms with Gasteiger partial charge < -0.3 is 10.6 Å². The van der Waals surface area contributed by atoms with Gasteiger partial charge in [-0.25, -0.2) is 0 Å². The summed E-state index contributed by atoms with van der Waals surface area (Å²) in [6.45, 7) is 6.88. The third-order valence-corrected chi connectivity index (χ3v) is 4.00. The van der Waals surface area contributed by atoms with Crippen LogP contribution < -0.4 is 10.6 Å². The Labute approximate surface area is 124 Å². The highest BCUT2D eigenvalue weighted by atomic mass is 79.9. The molecule has 0 aliphatic rings. The van der Waals surface area contributed by atoms with Crippen LogP contribution in [0.4, 0.5) is 5.69 Å². The van der Waals surface area contributed by atoms with Crippen molar-refractivity contribution in [3.05, 3.63) is 28.7 Å². The number of carbonyl (C=O) groups is 1. The zero-order valence-electron chi connectivity index (χ0n) is 11.9. The summed E-state index contributed by atoms with van der Waals surface area (Å²) in [6.07, 6.45) is 2.28. The van der Waals surface area contributed by atoms with Crippen LogP contribution in [0.25, 0.3) is 0 Å². The Morgan fingerprint density at radius 2 is 1.79 bits per heavy atom. The summed E-state index contributed by atoms with van der Waals surface area (Å²) in [6, 6.07) is 7.95. The molecule has 0 heterocycles. The van der Waals surface area contributed by atoms with Gasteiger partial charge in [-0.2, -0.15) is 0 Å². The molecule has 1 amide bonds. The molecule has 0 aliphatic heterocycles. The van der Waals surface area contributed by atoms with Crippen LogP contribution in [0.1, 0.15) is 33.6 Å². The molecule has 1 aromatic rings. The molecule has 0 saturated heterocycles. The molecule has 4 heteroatoms. The van der Waals surface area contributed by atoms with Crippen molar-refractivity contribution in [2.24, 2.45) is 5.92 Å². The first-order valence-corrected chi connectivity index (χ1v) is 7.64. The van der Waals surface area contributed by atoms with Crippen molar-refractivity contribution >= 4 is 27.5 Å². The minimum absolute atomic E-state index is 0.000119. The average Bonchev–Trinajstić information content (AvgIpc) is 2.40. The fraction of sp³-hybridized carbons (Fsp3) is 0.533. The highest BCUT2D eigenvalue weighted by Gasteiger charge is 2.13. The van der Waals surface area contributed by atoms with Crippen molar-refractivity contribution in [1.29, 1.82) is 0 Å². The Balaban J connectivity index is 2.37. The highest BCUT2D eigenvalue weighted by Crippen LogP contribution is 2.14. The molecule has 0 spiro atoms. The van der Waals surface area contributed by atoms with Crippen LogP contribution in [0.5, 0.6) is 0 Å². The number of carbonyl (C=O) groups excluding carboxylic acids is 1. The number of nitrogens with one attached hydrogen (secondary N) is 2. The molecular weight excluding hydrogens is 304 g/mol. The van der Waals surface area contributed by atoms with Gasteiger partial charge in [-0.3, -0.25) is 4.79 Å². The van der Waals surface area contributed by atoms with Crippen LogP contribution in [0, 0.1) is 5.92 Å². The summed E-state index contributed by atoms with van der Waals surface area (Å²) in [7, 11) is 0. The number of rotatable bonds is 7. The lowest BCUT2D eigenvalue weighted by molar-refractivity contribution is -0.115. The minimum atomic E-state index is 0.000119. The molecule has 0 bridgehead atoms. The molecule has 19 heavy (non-hydrogen) atoms. The van der Waals surface area contributed by atoms with Crippen molar-refractivity contribution in [3.63, 3.8) is 0 Å². The van der Waals surface area contributed by atoms with Gasteiger partial charge in [-0.05, 0) is 37.1 Å². The SMILES string of the molecule is CCC(CC)C(C)NCC(=O)Nc1ccc(Br)cc1. The van der Waals surface area contributed by atoms with E-state index in [0.717, 1.165) is 23.0 Å². The van der Waals surface area contributed by atoms with Crippen LogP contribution in [-0.4, -0.2) is 18.5 Å². The fourth-order valence-corrected chi connectivity index (χ4v) is 2.42. The second-order valence-electron chi connectivity index (χ2n) is 4.80. The molecule has 3 nitrogen and oxygen atoms in total. The summed E-state index contributed by atoms with van der Waals surface area (Å²) in [5.74, 6) is 0.626. The van der Waals surface area contributed by atoms with Crippen LogP contribution >= 0.6 is 15.9 Å². The molecule has 1 rings (SSSR count). The largest absolute Gasteiger partial charge is 0.325 e. The number of halogens is 1. The summed E-state index contributed by atoms with van der Waals surface area (Å²) < 4.78 is 1.01. The van der Waals surface area contributed by atoms with E-state index in [-0.39, 0.29) is 5.91 Å². The highest BCUT2D eigenvalue weighted by molar-refractivity contribution is 9.10. The number of benzene rings is 1. The molecule has 0 radical (unpaired) electrons. The van der Waals surface area contributed by atoms with Crippen LogP contribution in [0.3, 0.4) is 0 Å². The van der Waals surface area contributed by atoms with Gasteiger partial charge in [-0.15, -0.1) is 0 Å². The zero-order chi connectivity index (χ0) is 14.3. The molecule has 1 aromatic carbocycles. The molecule has 0 fully saturated rings. The number of hydrogen-bond acceptors (Lipinski definition) is 2. The number of amides is 1. The van der Waals surface area contributed by atoms with E-state index < -0.39 is 0 Å². The van der Waals surface area contributed by atoms with Crippen molar-refractivity contribution < 1.29 is 4.79 Å². The van der Waals surface area contributed by atoms with E-state index in [9.17, 15) is 4.79 Å². The standard InChI is InChI=1S/C15H23BrN2O/c1-4-12(5-2)11(3)17-10-15(19)18-14-8-6-13(16)7-9-14/h6-9,11-12,17H,4-5,10H2,1-3H3,(H,18,19). The van der Waals surface area contributed by atoms with Gasteiger partial charge in [0.15, 0.2) is 0 Å². The van der Waals surface area contributed by atoms with E-state index in [1.54, 1.807) is 0 Å². The maximum atomic E-state index is 11.8. The Bertz CT molecular complexity index is 388. The second kappa shape index (κ2) is 8.33. The fourth-order valence-electron chi connectivity index (χ4n) is 2.15. The topological polar surface area (TPSA) is 41.1 Å². The molecule has 0 aromatic heterocycles. The third-order valence-electron chi connectivity index (χ3n) is 3.47. The van der Waals surface area contributed by atoms with Crippen molar-refractivity contribution in [1.82, 2.24) is 5.32 Å².